The Morgan fingerprint density at radius 2 is 2.06 bits per heavy atom. The van der Waals surface area contributed by atoms with Crippen LogP contribution in [0.15, 0.2) is 67.0 Å². The van der Waals surface area contributed by atoms with Gasteiger partial charge in [0.25, 0.3) is 0 Å². The molecule has 3 aromatic rings. The molecule has 1 amide bonds. The summed E-state index contributed by atoms with van der Waals surface area (Å²) in [7, 11) is 0. The normalized spacial score (nSPS) is 23.4. The molecule has 0 aliphatic carbocycles. The second-order valence-electron chi connectivity index (χ2n) is 9.63. The number of thioether (sulfide) groups is 1. The van der Waals surface area contributed by atoms with E-state index in [2.05, 4.69) is 67.9 Å². The molecule has 2 N–H and O–H groups in total. The second kappa shape index (κ2) is 10.4. The van der Waals surface area contributed by atoms with E-state index in [4.69, 9.17) is 11.6 Å². The van der Waals surface area contributed by atoms with Gasteiger partial charge in [-0.3, -0.25) is 20.0 Å². The van der Waals surface area contributed by atoms with E-state index in [1.54, 1.807) is 18.0 Å². The van der Waals surface area contributed by atoms with E-state index in [-0.39, 0.29) is 23.4 Å². The Labute approximate surface area is 221 Å². The van der Waals surface area contributed by atoms with E-state index in [1.165, 1.54) is 22.4 Å². The van der Waals surface area contributed by atoms with Crippen molar-refractivity contribution >= 4 is 35.0 Å². The zero-order valence-corrected chi connectivity index (χ0v) is 21.6. The number of nitrogens with one attached hydrogen (secondary N) is 2. The lowest BCUT2D eigenvalue weighted by atomic mass is 9.96. The number of aromatic nitrogens is 1. The van der Waals surface area contributed by atoms with Crippen LogP contribution in [-0.2, 0) is 11.2 Å². The van der Waals surface area contributed by atoms with Gasteiger partial charge in [0.05, 0.1) is 17.5 Å². The predicted molar refractivity (Wildman–Crippen MR) is 147 cm³/mol. The van der Waals surface area contributed by atoms with Crippen molar-refractivity contribution in [3.63, 3.8) is 0 Å². The Hall–Kier alpha value is -2.58. The lowest BCUT2D eigenvalue weighted by molar-refractivity contribution is -0.122. The Morgan fingerprint density at radius 1 is 1.14 bits per heavy atom. The molecule has 3 unspecified atom stereocenters. The minimum atomic E-state index is -0.174. The summed E-state index contributed by atoms with van der Waals surface area (Å²) in [4.78, 5) is 22.0. The highest BCUT2D eigenvalue weighted by atomic mass is 35.5. The van der Waals surface area contributed by atoms with Crippen LogP contribution in [0.2, 0.25) is 5.02 Å². The average molecular weight is 520 g/mol. The fourth-order valence-electron chi connectivity index (χ4n) is 5.61. The number of halogens is 1. The number of hydrogen-bond acceptors (Lipinski definition) is 6. The maximum atomic E-state index is 12.8. The maximum Gasteiger partial charge on any atom is 0.238 e. The van der Waals surface area contributed by atoms with Gasteiger partial charge in [0.1, 0.15) is 0 Å². The first-order valence-electron chi connectivity index (χ1n) is 12.6. The second-order valence-corrected chi connectivity index (χ2v) is 11.2. The van der Waals surface area contributed by atoms with Crippen LogP contribution in [-0.4, -0.2) is 60.3 Å². The summed E-state index contributed by atoms with van der Waals surface area (Å²) >= 11 is 8.41. The first-order valence-corrected chi connectivity index (χ1v) is 14.0. The van der Waals surface area contributed by atoms with Gasteiger partial charge in [-0.25, -0.2) is 0 Å². The van der Waals surface area contributed by atoms with Crippen LogP contribution >= 0.6 is 23.4 Å². The Morgan fingerprint density at radius 3 is 2.94 bits per heavy atom. The fraction of sp³-hybridized carbons (Fsp3) is 0.357. The van der Waals surface area contributed by atoms with Crippen molar-refractivity contribution in [2.75, 3.05) is 43.4 Å². The van der Waals surface area contributed by atoms with E-state index < -0.39 is 0 Å². The summed E-state index contributed by atoms with van der Waals surface area (Å²) in [5.74, 6) is 0.848. The predicted octanol–water partition coefficient (Wildman–Crippen LogP) is 4.02. The minimum Gasteiger partial charge on any atom is -0.362 e. The summed E-state index contributed by atoms with van der Waals surface area (Å²) in [6.07, 6.45) is 4.50. The van der Waals surface area contributed by atoms with Crippen LogP contribution in [0.5, 0.6) is 0 Å². The summed E-state index contributed by atoms with van der Waals surface area (Å²) in [5.41, 5.74) is 6.32. The van der Waals surface area contributed by atoms with Gasteiger partial charge in [-0.05, 0) is 40.5 Å². The zero-order valence-electron chi connectivity index (χ0n) is 20.1. The maximum absolute atomic E-state index is 12.8. The van der Waals surface area contributed by atoms with Crippen LogP contribution in [0.3, 0.4) is 0 Å². The number of carbonyl (C=O) groups excluding carboxylic acids is 1. The highest BCUT2D eigenvalue weighted by Gasteiger charge is 2.34. The van der Waals surface area contributed by atoms with Crippen molar-refractivity contribution in [1.82, 2.24) is 20.5 Å². The van der Waals surface area contributed by atoms with E-state index in [0.717, 1.165) is 48.9 Å². The quantitative estimate of drug-likeness (QED) is 0.531. The molecule has 2 fully saturated rings. The smallest absolute Gasteiger partial charge is 0.238 e. The molecule has 0 spiro atoms. The summed E-state index contributed by atoms with van der Waals surface area (Å²) in [6, 6.07) is 19.1. The lowest BCUT2D eigenvalue weighted by Gasteiger charge is -2.43. The Balaban J connectivity index is 1.08. The lowest BCUT2D eigenvalue weighted by Crippen LogP contribution is -2.51. The third-order valence-corrected chi connectivity index (χ3v) is 9.08. The van der Waals surface area contributed by atoms with Gasteiger partial charge in [0.15, 0.2) is 0 Å². The van der Waals surface area contributed by atoms with Crippen molar-refractivity contribution in [1.29, 1.82) is 0 Å². The number of anilines is 1. The highest BCUT2D eigenvalue weighted by Crippen LogP contribution is 2.41. The number of rotatable bonds is 5. The number of amides is 1. The molecule has 8 heteroatoms. The molecule has 0 saturated carbocycles. The van der Waals surface area contributed by atoms with Gasteiger partial charge in [-0.15, -0.1) is 11.8 Å². The highest BCUT2D eigenvalue weighted by molar-refractivity contribution is 7.99. The molecule has 2 aromatic carbocycles. The number of carbonyl (C=O) groups is 1. The van der Waals surface area contributed by atoms with Crippen molar-refractivity contribution in [2.45, 2.75) is 23.9 Å². The molecule has 3 aliphatic rings. The number of pyridine rings is 1. The Bertz CT molecular complexity index is 1240. The molecule has 0 bridgehead atoms. The molecular weight excluding hydrogens is 490 g/mol. The van der Waals surface area contributed by atoms with E-state index >= 15 is 0 Å². The third-order valence-electron chi connectivity index (χ3n) is 7.46. The molecule has 3 aliphatic heterocycles. The number of nitrogens with zero attached hydrogens (tertiary/aromatic N) is 3. The summed E-state index contributed by atoms with van der Waals surface area (Å²) in [6.45, 7) is 4.32. The van der Waals surface area contributed by atoms with Crippen LogP contribution in [0.4, 0.5) is 5.69 Å². The molecule has 0 radical (unpaired) electrons. The van der Waals surface area contributed by atoms with Crippen molar-refractivity contribution in [3.05, 3.63) is 94.3 Å². The molecule has 6 nitrogen and oxygen atoms in total. The monoisotopic (exact) mass is 519 g/mol. The number of hydrogen-bond donors (Lipinski definition) is 2. The minimum absolute atomic E-state index is 0.0795. The molecule has 6 rings (SSSR count). The fourth-order valence-corrected chi connectivity index (χ4v) is 7.07. The van der Waals surface area contributed by atoms with Crippen LogP contribution in [0.25, 0.3) is 0 Å². The van der Waals surface area contributed by atoms with Crippen molar-refractivity contribution in [3.8, 4) is 0 Å². The van der Waals surface area contributed by atoms with E-state index in [9.17, 15) is 4.79 Å². The standard InChI is InChI=1S/C28H30ClN5OS/c29-23-8-3-9-25-22(23)15-19-5-1-2-7-21(19)26-17-33(13-14-34(25)26)12-11-31-27(35)24-18-36-28(32-24)20-6-4-10-30-16-20/h1-10,16,24,26,28,32H,11-15,17-18H2,(H,31,35). The molecule has 1 aromatic heterocycles. The largest absolute Gasteiger partial charge is 0.362 e. The molecular formula is C28H30ClN5OS. The van der Waals surface area contributed by atoms with Gasteiger partial charge < -0.3 is 10.2 Å². The zero-order chi connectivity index (χ0) is 24.5. The molecule has 186 valence electrons. The molecule has 2 saturated heterocycles. The Kier molecular flexibility index (Phi) is 6.89. The van der Waals surface area contributed by atoms with Crippen LogP contribution in [0, 0.1) is 0 Å². The van der Waals surface area contributed by atoms with Gasteiger partial charge >= 0.3 is 0 Å². The average Bonchev–Trinajstić information content (AvgIpc) is 3.36. The van der Waals surface area contributed by atoms with E-state index in [0.29, 0.717) is 6.54 Å². The molecule has 4 heterocycles. The van der Waals surface area contributed by atoms with Gasteiger partial charge in [-0.2, -0.15) is 0 Å². The summed E-state index contributed by atoms with van der Waals surface area (Å²) in [5, 5.41) is 7.58. The molecule has 36 heavy (non-hydrogen) atoms. The number of benzene rings is 2. The van der Waals surface area contributed by atoms with Gasteiger partial charge in [0.2, 0.25) is 5.91 Å². The van der Waals surface area contributed by atoms with Gasteiger partial charge in [-0.1, -0.05) is 48.0 Å². The number of piperazine rings is 1. The topological polar surface area (TPSA) is 60.5 Å². The third kappa shape index (κ3) is 4.73. The summed E-state index contributed by atoms with van der Waals surface area (Å²) < 4.78 is 0. The van der Waals surface area contributed by atoms with Gasteiger partial charge in [0, 0.05) is 68.0 Å². The molecule has 3 atom stereocenters. The first kappa shape index (κ1) is 23.8. The van der Waals surface area contributed by atoms with E-state index in [1.807, 2.05) is 18.3 Å². The first-order chi connectivity index (χ1) is 17.7. The van der Waals surface area contributed by atoms with Crippen molar-refractivity contribution < 1.29 is 4.79 Å². The van der Waals surface area contributed by atoms with Crippen molar-refractivity contribution in [2.24, 2.45) is 0 Å². The number of fused-ring (bicyclic) bond motifs is 5. The SMILES string of the molecule is O=C(NCCN1CCN2c3cccc(Cl)c3Cc3ccccc3C2C1)C1CSC(c2cccnc2)N1. The van der Waals surface area contributed by atoms with Crippen LogP contribution < -0.4 is 15.5 Å². The van der Waals surface area contributed by atoms with Crippen LogP contribution in [0.1, 0.15) is 33.7 Å².